The van der Waals surface area contributed by atoms with Crippen LogP contribution >= 0.6 is 0 Å². The summed E-state index contributed by atoms with van der Waals surface area (Å²) in [5.74, 6) is -0.639. The molecule has 2 aromatic rings. The van der Waals surface area contributed by atoms with Gasteiger partial charge in [-0.15, -0.1) is 0 Å². The fourth-order valence-corrected chi connectivity index (χ4v) is 2.30. The Labute approximate surface area is 135 Å². The Morgan fingerprint density at radius 2 is 1.62 bits per heavy atom. The molecule has 0 atom stereocenters. The fraction of sp³-hybridized carbons (Fsp3) is 0.143. The van der Waals surface area contributed by atoms with E-state index < -0.39 is 27.8 Å². The van der Waals surface area contributed by atoms with Crippen molar-refractivity contribution in [3.63, 3.8) is 0 Å². The summed E-state index contributed by atoms with van der Waals surface area (Å²) in [6.07, 6.45) is -2.74. The molecule has 0 saturated carbocycles. The van der Waals surface area contributed by atoms with Crippen molar-refractivity contribution in [3.05, 3.63) is 53.9 Å². The molecule has 0 spiro atoms. The van der Waals surface area contributed by atoms with Gasteiger partial charge in [-0.2, -0.15) is 13.2 Å². The Morgan fingerprint density at radius 1 is 1.04 bits per heavy atom. The Balaban J connectivity index is 2.07. The molecule has 1 amide bonds. The summed E-state index contributed by atoms with van der Waals surface area (Å²) in [6, 6.07) is 7.49. The van der Waals surface area contributed by atoms with Gasteiger partial charge in [-0.25, -0.2) is 8.42 Å². The molecule has 0 aliphatic rings. The molecule has 0 unspecified atom stereocenters. The average Bonchev–Trinajstić information content (AvgIpc) is 2.47. The summed E-state index contributed by atoms with van der Waals surface area (Å²) in [4.78, 5) is 15.1. The number of nitrogens with one attached hydrogen (secondary N) is 2. The topological polar surface area (TPSA) is 88.2 Å². The van der Waals surface area contributed by atoms with Gasteiger partial charge in [0.05, 0.1) is 11.8 Å². The third-order valence-electron chi connectivity index (χ3n) is 2.76. The minimum Gasteiger partial charge on any atom is -0.322 e. The highest BCUT2D eigenvalue weighted by Crippen LogP contribution is 2.27. The lowest BCUT2D eigenvalue weighted by Gasteiger charge is -2.08. The zero-order chi connectivity index (χ0) is 18.0. The lowest BCUT2D eigenvalue weighted by Crippen LogP contribution is -2.14. The number of carbonyl (C=O) groups excluding carboxylic acids is 1. The highest BCUT2D eigenvalue weighted by Gasteiger charge is 2.32. The standard InChI is InChI=1S/C14H12F3N3O3S/c1-24(22,23)20-11-5-3-10(4-6-11)19-13(21)9-2-7-12(18-8-9)14(15,16)17/h2-8,20H,1H3,(H,19,21). The van der Waals surface area contributed by atoms with Crippen LogP contribution in [0.3, 0.4) is 0 Å². The smallest absolute Gasteiger partial charge is 0.322 e. The van der Waals surface area contributed by atoms with Crippen molar-refractivity contribution in [1.82, 2.24) is 4.98 Å². The first kappa shape index (κ1) is 17.7. The third-order valence-corrected chi connectivity index (χ3v) is 3.37. The number of rotatable bonds is 4. The van der Waals surface area contributed by atoms with Crippen molar-refractivity contribution < 1.29 is 26.4 Å². The van der Waals surface area contributed by atoms with Crippen LogP contribution in [0.25, 0.3) is 0 Å². The summed E-state index contributed by atoms with van der Waals surface area (Å²) < 4.78 is 61.6. The number of hydrogen-bond donors (Lipinski definition) is 2. The molecule has 0 bridgehead atoms. The number of carbonyl (C=O) groups is 1. The first-order valence-electron chi connectivity index (χ1n) is 6.47. The van der Waals surface area contributed by atoms with Crippen LogP contribution in [0.4, 0.5) is 24.5 Å². The van der Waals surface area contributed by atoms with Crippen LogP contribution in [-0.2, 0) is 16.2 Å². The number of amides is 1. The van der Waals surface area contributed by atoms with Gasteiger partial charge >= 0.3 is 6.18 Å². The zero-order valence-electron chi connectivity index (χ0n) is 12.3. The number of halogens is 3. The van der Waals surface area contributed by atoms with Crippen LogP contribution in [0.1, 0.15) is 16.1 Å². The van der Waals surface area contributed by atoms with Crippen LogP contribution in [0.2, 0.25) is 0 Å². The monoisotopic (exact) mass is 359 g/mol. The molecular weight excluding hydrogens is 347 g/mol. The maximum atomic E-state index is 12.4. The third kappa shape index (κ3) is 4.95. The molecule has 10 heteroatoms. The van der Waals surface area contributed by atoms with Crippen LogP contribution in [-0.4, -0.2) is 25.6 Å². The predicted octanol–water partition coefficient (Wildman–Crippen LogP) is 2.72. The molecule has 128 valence electrons. The van der Waals surface area contributed by atoms with Crippen LogP contribution in [0, 0.1) is 0 Å². The molecular formula is C14H12F3N3O3S. The Kier molecular flexibility index (Phi) is 4.78. The van der Waals surface area contributed by atoms with Gasteiger partial charge < -0.3 is 5.32 Å². The van der Waals surface area contributed by atoms with E-state index in [1.807, 2.05) is 0 Å². The minimum atomic E-state index is -4.57. The highest BCUT2D eigenvalue weighted by molar-refractivity contribution is 7.92. The van der Waals surface area contributed by atoms with E-state index in [0.717, 1.165) is 18.5 Å². The first-order chi connectivity index (χ1) is 11.0. The Bertz CT molecular complexity index is 832. The molecule has 6 nitrogen and oxygen atoms in total. The molecule has 1 heterocycles. The van der Waals surface area contributed by atoms with Crippen molar-refractivity contribution in [2.24, 2.45) is 0 Å². The lowest BCUT2D eigenvalue weighted by atomic mass is 10.2. The van der Waals surface area contributed by atoms with Gasteiger partial charge in [-0.3, -0.25) is 14.5 Å². The fourth-order valence-electron chi connectivity index (χ4n) is 1.73. The quantitative estimate of drug-likeness (QED) is 0.879. The van der Waals surface area contributed by atoms with Gasteiger partial charge in [-0.1, -0.05) is 0 Å². The van der Waals surface area contributed by atoms with Crippen molar-refractivity contribution in [2.45, 2.75) is 6.18 Å². The number of nitrogens with zero attached hydrogens (tertiary/aromatic N) is 1. The maximum absolute atomic E-state index is 12.4. The number of benzene rings is 1. The number of sulfonamides is 1. The van der Waals surface area contributed by atoms with E-state index in [1.54, 1.807) is 0 Å². The van der Waals surface area contributed by atoms with E-state index in [4.69, 9.17) is 0 Å². The first-order valence-corrected chi connectivity index (χ1v) is 8.36. The van der Waals surface area contributed by atoms with Crippen molar-refractivity contribution >= 4 is 27.3 Å². The van der Waals surface area contributed by atoms with Crippen LogP contribution in [0.5, 0.6) is 0 Å². The van der Waals surface area contributed by atoms with Gasteiger partial charge in [0.1, 0.15) is 5.69 Å². The van der Waals surface area contributed by atoms with E-state index in [1.165, 1.54) is 24.3 Å². The summed E-state index contributed by atoms with van der Waals surface area (Å²) in [7, 11) is -3.41. The second-order valence-corrected chi connectivity index (χ2v) is 6.58. The van der Waals surface area contributed by atoms with Gasteiger partial charge in [0.2, 0.25) is 10.0 Å². The minimum absolute atomic E-state index is 0.0404. The average molecular weight is 359 g/mol. The molecule has 1 aromatic heterocycles. The zero-order valence-corrected chi connectivity index (χ0v) is 13.1. The Morgan fingerprint density at radius 3 is 2.08 bits per heavy atom. The molecule has 2 N–H and O–H groups in total. The van der Waals surface area contributed by atoms with Crippen molar-refractivity contribution in [3.8, 4) is 0 Å². The molecule has 0 radical (unpaired) electrons. The van der Waals surface area contributed by atoms with E-state index in [2.05, 4.69) is 15.0 Å². The van der Waals surface area contributed by atoms with Gasteiger partial charge in [0.15, 0.2) is 0 Å². The predicted molar refractivity (Wildman–Crippen MR) is 82.1 cm³/mol. The normalized spacial score (nSPS) is 11.8. The van der Waals surface area contributed by atoms with E-state index in [-0.39, 0.29) is 5.56 Å². The number of anilines is 2. The second-order valence-electron chi connectivity index (χ2n) is 4.84. The van der Waals surface area contributed by atoms with E-state index in [9.17, 15) is 26.4 Å². The molecule has 1 aromatic carbocycles. The van der Waals surface area contributed by atoms with Gasteiger partial charge in [0.25, 0.3) is 5.91 Å². The van der Waals surface area contributed by atoms with Gasteiger partial charge in [-0.05, 0) is 36.4 Å². The molecule has 0 aliphatic carbocycles. The second kappa shape index (κ2) is 6.48. The summed E-state index contributed by atoms with van der Waals surface area (Å²) in [5.41, 5.74) is -0.470. The van der Waals surface area contributed by atoms with Crippen LogP contribution in [0.15, 0.2) is 42.6 Å². The molecule has 2 rings (SSSR count). The summed E-state index contributed by atoms with van der Waals surface area (Å²) in [6.45, 7) is 0. The Hall–Kier alpha value is -2.62. The largest absolute Gasteiger partial charge is 0.433 e. The van der Waals surface area contributed by atoms with Crippen molar-refractivity contribution in [2.75, 3.05) is 16.3 Å². The molecule has 0 fully saturated rings. The molecule has 0 saturated heterocycles. The van der Waals surface area contributed by atoms with Gasteiger partial charge in [0, 0.05) is 17.6 Å². The number of aromatic nitrogens is 1. The SMILES string of the molecule is CS(=O)(=O)Nc1ccc(NC(=O)c2ccc(C(F)(F)F)nc2)cc1. The molecule has 24 heavy (non-hydrogen) atoms. The molecule has 0 aliphatic heterocycles. The van der Waals surface area contributed by atoms with E-state index in [0.29, 0.717) is 17.4 Å². The van der Waals surface area contributed by atoms with E-state index >= 15 is 0 Å². The summed E-state index contributed by atoms with van der Waals surface area (Å²) >= 11 is 0. The maximum Gasteiger partial charge on any atom is 0.433 e. The summed E-state index contributed by atoms with van der Waals surface area (Å²) in [5, 5.41) is 2.47. The van der Waals surface area contributed by atoms with Crippen LogP contribution < -0.4 is 10.0 Å². The number of hydrogen-bond acceptors (Lipinski definition) is 4. The lowest BCUT2D eigenvalue weighted by molar-refractivity contribution is -0.141. The van der Waals surface area contributed by atoms with Crippen molar-refractivity contribution in [1.29, 1.82) is 0 Å². The highest BCUT2D eigenvalue weighted by atomic mass is 32.2. The number of pyridine rings is 1. The number of alkyl halides is 3.